The molecule has 21 heavy (non-hydrogen) atoms. The topological polar surface area (TPSA) is 98.0 Å². The van der Waals surface area contributed by atoms with Gasteiger partial charge in [-0.05, 0) is 29.3 Å². The number of aromatic hydroxyl groups is 3. The van der Waals surface area contributed by atoms with Crippen LogP contribution in [0.25, 0.3) is 5.57 Å². The van der Waals surface area contributed by atoms with E-state index >= 15 is 0 Å². The van der Waals surface area contributed by atoms with E-state index in [9.17, 15) is 25.2 Å². The largest absolute Gasteiger partial charge is 0.508 e. The van der Waals surface area contributed by atoms with Crippen LogP contribution >= 0.6 is 0 Å². The molecule has 0 atom stereocenters. The average Bonchev–Trinajstić information content (AvgIpc) is 2.43. The Kier molecular flexibility index (Phi) is 2.83. The zero-order valence-electron chi connectivity index (χ0n) is 10.9. The van der Waals surface area contributed by atoms with E-state index in [0.29, 0.717) is 16.7 Å². The van der Waals surface area contributed by atoms with Crippen LogP contribution in [-0.4, -0.2) is 26.2 Å². The molecule has 0 radical (unpaired) electrons. The fourth-order valence-corrected chi connectivity index (χ4v) is 2.50. The van der Waals surface area contributed by atoms with Crippen molar-refractivity contribution < 1.29 is 25.2 Å². The summed E-state index contributed by atoms with van der Waals surface area (Å²) in [6.07, 6.45) is 0.194. The van der Waals surface area contributed by atoms with Crippen molar-refractivity contribution in [2.75, 3.05) is 0 Å². The molecule has 2 aromatic rings. The van der Waals surface area contributed by atoms with Crippen LogP contribution in [0.1, 0.15) is 21.5 Å². The molecule has 0 amide bonds. The highest BCUT2D eigenvalue weighted by molar-refractivity contribution is 6.16. The van der Waals surface area contributed by atoms with Crippen molar-refractivity contribution >= 4 is 11.4 Å². The number of benzene rings is 2. The van der Waals surface area contributed by atoms with Gasteiger partial charge in [-0.25, -0.2) is 0 Å². The summed E-state index contributed by atoms with van der Waals surface area (Å²) >= 11 is 0. The summed E-state index contributed by atoms with van der Waals surface area (Å²) in [6.45, 7) is 0. The Morgan fingerprint density at radius 2 is 1.52 bits per heavy atom. The maximum Gasteiger partial charge on any atom is 0.231 e. The third-order valence-electron chi connectivity index (χ3n) is 3.49. The fourth-order valence-electron chi connectivity index (χ4n) is 2.50. The Hall–Kier alpha value is -2.95. The van der Waals surface area contributed by atoms with Gasteiger partial charge in [-0.15, -0.1) is 0 Å². The highest BCUT2D eigenvalue weighted by atomic mass is 16.3. The third kappa shape index (κ3) is 2.08. The number of fused-ring (bicyclic) bond motifs is 1. The first kappa shape index (κ1) is 13.1. The van der Waals surface area contributed by atoms with Crippen LogP contribution in [0.5, 0.6) is 17.2 Å². The second-order valence-electron chi connectivity index (χ2n) is 4.88. The summed E-state index contributed by atoms with van der Waals surface area (Å²) in [4.78, 5) is 12.2. The van der Waals surface area contributed by atoms with Crippen LogP contribution in [0, 0.1) is 0 Å². The number of Topliss-reactive ketones (excluding diaryl/α,β-unsaturated/α-hetero) is 1. The molecule has 0 heterocycles. The number of aliphatic hydroxyl groups is 1. The first-order valence-electron chi connectivity index (χ1n) is 6.28. The predicted octanol–water partition coefficient (Wildman–Crippen LogP) is 2.51. The van der Waals surface area contributed by atoms with E-state index in [1.54, 1.807) is 12.1 Å². The van der Waals surface area contributed by atoms with E-state index in [2.05, 4.69) is 0 Å². The van der Waals surface area contributed by atoms with E-state index in [1.807, 2.05) is 0 Å². The summed E-state index contributed by atoms with van der Waals surface area (Å²) in [6, 6.07) is 8.53. The van der Waals surface area contributed by atoms with E-state index in [1.165, 1.54) is 18.2 Å². The number of carbonyl (C=O) groups is 1. The Labute approximate surface area is 120 Å². The minimum absolute atomic E-state index is 0.00725. The molecule has 106 valence electrons. The van der Waals surface area contributed by atoms with Gasteiger partial charge in [0.2, 0.25) is 5.78 Å². The van der Waals surface area contributed by atoms with Crippen molar-refractivity contribution in [2.45, 2.75) is 6.42 Å². The maximum absolute atomic E-state index is 12.2. The summed E-state index contributed by atoms with van der Waals surface area (Å²) in [7, 11) is 0. The van der Waals surface area contributed by atoms with Crippen molar-refractivity contribution in [1.29, 1.82) is 0 Å². The Morgan fingerprint density at radius 3 is 2.19 bits per heavy atom. The number of rotatable bonds is 1. The number of phenolic OH excluding ortho intramolecular Hbond substituents is 3. The SMILES string of the molecule is O=C1C(O)=C(c2ccc(O)cc2)Cc2cc(O)cc(O)c21. The summed E-state index contributed by atoms with van der Waals surface area (Å²) < 4.78 is 0. The van der Waals surface area contributed by atoms with Gasteiger partial charge in [-0.1, -0.05) is 12.1 Å². The molecule has 5 heteroatoms. The van der Waals surface area contributed by atoms with Crippen LogP contribution in [0.4, 0.5) is 0 Å². The minimum atomic E-state index is -0.683. The first-order valence-corrected chi connectivity index (χ1v) is 6.28. The number of allylic oxidation sites excluding steroid dienone is 2. The second kappa shape index (κ2) is 4.56. The number of phenols is 3. The molecule has 5 nitrogen and oxygen atoms in total. The molecule has 0 aromatic heterocycles. The molecule has 0 unspecified atom stereocenters. The molecule has 0 bridgehead atoms. The lowest BCUT2D eigenvalue weighted by Gasteiger charge is -2.20. The molecule has 0 saturated carbocycles. The average molecular weight is 284 g/mol. The van der Waals surface area contributed by atoms with Gasteiger partial charge in [0.1, 0.15) is 17.2 Å². The summed E-state index contributed by atoms with van der Waals surface area (Å²) in [5.74, 6) is -1.54. The van der Waals surface area contributed by atoms with Gasteiger partial charge in [0.25, 0.3) is 0 Å². The normalized spacial score (nSPS) is 14.2. The summed E-state index contributed by atoms with van der Waals surface area (Å²) in [5, 5.41) is 38.7. The van der Waals surface area contributed by atoms with Gasteiger partial charge in [-0.3, -0.25) is 4.79 Å². The van der Waals surface area contributed by atoms with Crippen molar-refractivity contribution in [1.82, 2.24) is 0 Å². The van der Waals surface area contributed by atoms with Crippen molar-refractivity contribution in [3.05, 3.63) is 58.8 Å². The molecule has 4 N–H and O–H groups in total. The Balaban J connectivity index is 2.15. The van der Waals surface area contributed by atoms with Crippen molar-refractivity contribution in [3.8, 4) is 17.2 Å². The van der Waals surface area contributed by atoms with Gasteiger partial charge >= 0.3 is 0 Å². The van der Waals surface area contributed by atoms with Crippen LogP contribution in [0.3, 0.4) is 0 Å². The maximum atomic E-state index is 12.2. The van der Waals surface area contributed by atoms with Gasteiger partial charge < -0.3 is 20.4 Å². The van der Waals surface area contributed by atoms with Gasteiger partial charge in [0.15, 0.2) is 5.76 Å². The second-order valence-corrected chi connectivity index (χ2v) is 4.88. The number of ketones is 1. The molecular formula is C16H12O5. The highest BCUT2D eigenvalue weighted by Gasteiger charge is 2.29. The standard InChI is InChI=1S/C16H12O5/c17-10-3-1-8(2-4-10)12-6-9-5-11(18)7-13(19)14(9)16(21)15(12)20/h1-5,7,17-20H,6H2. The molecule has 1 aliphatic carbocycles. The van der Waals surface area contributed by atoms with Crippen LogP contribution in [0.15, 0.2) is 42.2 Å². The van der Waals surface area contributed by atoms with Gasteiger partial charge in [-0.2, -0.15) is 0 Å². The van der Waals surface area contributed by atoms with Crippen LogP contribution < -0.4 is 0 Å². The molecule has 2 aromatic carbocycles. The number of aliphatic hydroxyl groups excluding tert-OH is 1. The number of carbonyl (C=O) groups excluding carboxylic acids is 1. The van der Waals surface area contributed by atoms with E-state index < -0.39 is 11.5 Å². The monoisotopic (exact) mass is 284 g/mol. The quantitative estimate of drug-likeness (QED) is 0.645. The molecule has 3 rings (SSSR count). The lowest BCUT2D eigenvalue weighted by atomic mass is 9.85. The van der Waals surface area contributed by atoms with E-state index in [-0.39, 0.29) is 29.2 Å². The van der Waals surface area contributed by atoms with Gasteiger partial charge in [0, 0.05) is 18.1 Å². The molecule has 0 aliphatic heterocycles. The molecule has 1 aliphatic rings. The van der Waals surface area contributed by atoms with Crippen LogP contribution in [-0.2, 0) is 6.42 Å². The Morgan fingerprint density at radius 1 is 0.857 bits per heavy atom. The lowest BCUT2D eigenvalue weighted by molar-refractivity contribution is 0.0973. The molecule has 0 spiro atoms. The van der Waals surface area contributed by atoms with Crippen molar-refractivity contribution in [3.63, 3.8) is 0 Å². The zero-order valence-corrected chi connectivity index (χ0v) is 10.9. The van der Waals surface area contributed by atoms with E-state index in [4.69, 9.17) is 0 Å². The fraction of sp³-hybridized carbons (Fsp3) is 0.0625. The number of hydrogen-bond donors (Lipinski definition) is 4. The van der Waals surface area contributed by atoms with Crippen molar-refractivity contribution in [2.24, 2.45) is 0 Å². The Bertz CT molecular complexity index is 772. The predicted molar refractivity (Wildman–Crippen MR) is 75.5 cm³/mol. The first-order chi connectivity index (χ1) is 9.97. The third-order valence-corrected chi connectivity index (χ3v) is 3.49. The molecular weight excluding hydrogens is 272 g/mol. The van der Waals surface area contributed by atoms with Crippen LogP contribution in [0.2, 0.25) is 0 Å². The molecule has 0 fully saturated rings. The summed E-state index contributed by atoms with van der Waals surface area (Å²) in [5.41, 5.74) is 1.43. The zero-order chi connectivity index (χ0) is 15.1. The van der Waals surface area contributed by atoms with E-state index in [0.717, 1.165) is 6.07 Å². The highest BCUT2D eigenvalue weighted by Crippen LogP contribution is 2.37. The molecule has 0 saturated heterocycles. The number of hydrogen-bond acceptors (Lipinski definition) is 5. The smallest absolute Gasteiger partial charge is 0.231 e. The lowest BCUT2D eigenvalue weighted by Crippen LogP contribution is -2.16. The van der Waals surface area contributed by atoms with Gasteiger partial charge in [0.05, 0.1) is 5.56 Å². The minimum Gasteiger partial charge on any atom is -0.508 e.